The summed E-state index contributed by atoms with van der Waals surface area (Å²) in [6.07, 6.45) is 0. The van der Waals surface area contributed by atoms with Crippen molar-refractivity contribution in [3.05, 3.63) is 146 Å². The average molecular weight is 589 g/mol. The molecule has 3 heteroatoms. The SMILES string of the molecule is c1ccc(-n2c3ccccc3c3cc4c(cc32)c2ccc3sc5cccc6c7ccccc7c7ccccc7n4c2c3c56)cc1. The Balaban J connectivity index is 1.50. The molecule has 4 heterocycles. The Morgan fingerprint density at radius 2 is 0.956 bits per heavy atom. The lowest BCUT2D eigenvalue weighted by Crippen LogP contribution is -1.92. The minimum Gasteiger partial charge on any atom is -0.309 e. The Kier molecular flexibility index (Phi) is 4.49. The smallest absolute Gasteiger partial charge is 0.0634 e. The molecule has 7 aromatic carbocycles. The number of hydrogen-bond acceptors (Lipinski definition) is 1. The number of aromatic nitrogens is 2. The highest BCUT2D eigenvalue weighted by Crippen LogP contribution is 2.47. The highest BCUT2D eigenvalue weighted by molar-refractivity contribution is 7.26. The van der Waals surface area contributed by atoms with Gasteiger partial charge in [0, 0.05) is 52.8 Å². The van der Waals surface area contributed by atoms with E-state index in [9.17, 15) is 0 Å². The fourth-order valence-corrected chi connectivity index (χ4v) is 9.18. The lowest BCUT2D eigenvalue weighted by molar-refractivity contribution is 1.18. The minimum atomic E-state index is 1.18. The number of para-hydroxylation sites is 3. The molecule has 11 rings (SSSR count). The van der Waals surface area contributed by atoms with E-state index in [0.29, 0.717) is 0 Å². The van der Waals surface area contributed by atoms with Crippen LogP contribution in [0.15, 0.2) is 146 Å². The van der Waals surface area contributed by atoms with Gasteiger partial charge >= 0.3 is 0 Å². The summed E-state index contributed by atoms with van der Waals surface area (Å²) in [4.78, 5) is 0. The van der Waals surface area contributed by atoms with Gasteiger partial charge < -0.3 is 8.97 Å². The van der Waals surface area contributed by atoms with Gasteiger partial charge in [0.2, 0.25) is 0 Å². The summed E-state index contributed by atoms with van der Waals surface area (Å²) in [7, 11) is 0. The number of hydrogen-bond donors (Lipinski definition) is 0. The normalized spacial score (nSPS) is 12.4. The van der Waals surface area contributed by atoms with Crippen molar-refractivity contribution < 1.29 is 0 Å². The molecule has 0 aliphatic heterocycles. The Morgan fingerprint density at radius 1 is 0.356 bits per heavy atom. The molecule has 0 atom stereocenters. The molecule has 0 amide bonds. The second-order valence-electron chi connectivity index (χ2n) is 12.1. The maximum Gasteiger partial charge on any atom is 0.0634 e. The molecule has 0 fully saturated rings. The third-order valence-corrected chi connectivity index (χ3v) is 11.0. The van der Waals surface area contributed by atoms with Gasteiger partial charge in [-0.25, -0.2) is 0 Å². The Morgan fingerprint density at radius 3 is 1.78 bits per heavy atom. The lowest BCUT2D eigenvalue weighted by Gasteiger charge is -2.08. The van der Waals surface area contributed by atoms with Crippen LogP contribution in [0, 0.1) is 0 Å². The van der Waals surface area contributed by atoms with E-state index in [1.54, 1.807) is 0 Å². The van der Waals surface area contributed by atoms with Gasteiger partial charge in [-0.3, -0.25) is 0 Å². The molecule has 208 valence electrons. The van der Waals surface area contributed by atoms with Crippen LogP contribution >= 0.6 is 11.3 Å². The first-order valence-electron chi connectivity index (χ1n) is 15.5. The van der Waals surface area contributed by atoms with Gasteiger partial charge in [0.1, 0.15) is 0 Å². The first-order chi connectivity index (χ1) is 22.3. The molecule has 0 aliphatic carbocycles. The molecule has 4 aromatic heterocycles. The molecule has 11 aromatic rings. The number of nitrogens with zero attached hydrogens (tertiary/aromatic N) is 2. The van der Waals surface area contributed by atoms with Crippen LogP contribution in [0.5, 0.6) is 0 Å². The molecule has 0 spiro atoms. The molecule has 45 heavy (non-hydrogen) atoms. The molecule has 0 bridgehead atoms. The van der Waals surface area contributed by atoms with Gasteiger partial charge in [0.15, 0.2) is 0 Å². The topological polar surface area (TPSA) is 9.34 Å². The van der Waals surface area contributed by atoms with E-state index in [1.165, 1.54) is 96.5 Å². The molecule has 0 unspecified atom stereocenters. The van der Waals surface area contributed by atoms with E-state index in [-0.39, 0.29) is 0 Å². The number of thiophene rings is 1. The van der Waals surface area contributed by atoms with Crippen molar-refractivity contribution in [2.24, 2.45) is 0 Å². The first-order valence-corrected chi connectivity index (χ1v) is 16.3. The maximum atomic E-state index is 2.57. The van der Waals surface area contributed by atoms with Crippen molar-refractivity contribution in [1.82, 2.24) is 8.97 Å². The highest BCUT2D eigenvalue weighted by atomic mass is 32.1. The summed E-state index contributed by atoms with van der Waals surface area (Å²) >= 11 is 1.90. The molecular weight excluding hydrogens is 565 g/mol. The van der Waals surface area contributed by atoms with Crippen LogP contribution in [-0.2, 0) is 0 Å². The van der Waals surface area contributed by atoms with E-state index in [0.717, 1.165) is 0 Å². The second kappa shape index (κ2) is 8.50. The summed E-state index contributed by atoms with van der Waals surface area (Å²) < 4.78 is 7.66. The molecule has 0 N–H and O–H groups in total. The van der Waals surface area contributed by atoms with Crippen LogP contribution in [0.4, 0.5) is 0 Å². The molecule has 0 saturated carbocycles. The van der Waals surface area contributed by atoms with Crippen molar-refractivity contribution in [3.8, 4) is 5.69 Å². The highest BCUT2D eigenvalue weighted by Gasteiger charge is 2.21. The fraction of sp³-hybridized carbons (Fsp3) is 0. The van der Waals surface area contributed by atoms with Crippen molar-refractivity contribution in [1.29, 1.82) is 0 Å². The third kappa shape index (κ3) is 2.98. The van der Waals surface area contributed by atoms with Gasteiger partial charge in [-0.2, -0.15) is 0 Å². The maximum absolute atomic E-state index is 2.57. The monoisotopic (exact) mass is 588 g/mol. The second-order valence-corrected chi connectivity index (χ2v) is 13.2. The van der Waals surface area contributed by atoms with Crippen molar-refractivity contribution in [2.45, 2.75) is 0 Å². The van der Waals surface area contributed by atoms with Crippen LogP contribution in [-0.4, -0.2) is 8.97 Å². The zero-order chi connectivity index (χ0) is 29.2. The van der Waals surface area contributed by atoms with Gasteiger partial charge in [0.25, 0.3) is 0 Å². The van der Waals surface area contributed by atoms with Crippen molar-refractivity contribution in [2.75, 3.05) is 0 Å². The third-order valence-electron chi connectivity index (χ3n) is 9.85. The van der Waals surface area contributed by atoms with Crippen molar-refractivity contribution >= 4 is 102 Å². The standard InChI is InChI=1S/C42H24N2S/c1-2-11-25(12-3-1)43-34-18-8-7-16-29(34)32-23-37-33(24-36(32)43)31-21-22-39-41-40-30(17-10-20-38(40)45-39)27-14-5-4-13-26(27)28-15-6-9-19-35(28)44(37)42(31)41/h1-24H. The average Bonchev–Trinajstić information content (AvgIpc) is 3.75. The summed E-state index contributed by atoms with van der Waals surface area (Å²) in [5.41, 5.74) is 7.39. The molecular formula is C42H24N2S. The van der Waals surface area contributed by atoms with Crippen molar-refractivity contribution in [3.63, 3.8) is 0 Å². The zero-order valence-electron chi connectivity index (χ0n) is 24.2. The summed E-state index contributed by atoms with van der Waals surface area (Å²) in [6, 6.07) is 53.9. The summed E-state index contributed by atoms with van der Waals surface area (Å²) in [5.74, 6) is 0. The first kappa shape index (κ1) is 23.8. The number of fused-ring (bicyclic) bond motifs is 11. The van der Waals surface area contributed by atoms with E-state index in [2.05, 4.69) is 155 Å². The van der Waals surface area contributed by atoms with E-state index < -0.39 is 0 Å². The Hall–Kier alpha value is -5.64. The Labute approximate surface area is 261 Å². The largest absolute Gasteiger partial charge is 0.309 e. The predicted molar refractivity (Wildman–Crippen MR) is 195 cm³/mol. The van der Waals surface area contributed by atoms with E-state index >= 15 is 0 Å². The number of benzene rings is 7. The van der Waals surface area contributed by atoms with E-state index in [1.807, 2.05) is 11.3 Å². The fourth-order valence-electron chi connectivity index (χ4n) is 8.05. The quantitative estimate of drug-likeness (QED) is 0.180. The summed E-state index contributed by atoms with van der Waals surface area (Å²) in [6.45, 7) is 0. The number of rotatable bonds is 1. The van der Waals surface area contributed by atoms with Crippen LogP contribution in [0.25, 0.3) is 96.5 Å². The van der Waals surface area contributed by atoms with E-state index in [4.69, 9.17) is 0 Å². The van der Waals surface area contributed by atoms with Crippen LogP contribution in [0.3, 0.4) is 0 Å². The van der Waals surface area contributed by atoms with Crippen LogP contribution in [0.2, 0.25) is 0 Å². The Bertz CT molecular complexity index is 3030. The van der Waals surface area contributed by atoms with Crippen LogP contribution < -0.4 is 0 Å². The summed E-state index contributed by atoms with van der Waals surface area (Å²) in [5, 5.41) is 12.9. The van der Waals surface area contributed by atoms with Gasteiger partial charge in [0.05, 0.1) is 27.6 Å². The predicted octanol–water partition coefficient (Wildman–Crippen LogP) is 12.0. The molecule has 0 radical (unpaired) electrons. The molecule has 0 saturated heterocycles. The van der Waals surface area contributed by atoms with Gasteiger partial charge in [-0.15, -0.1) is 11.3 Å². The van der Waals surface area contributed by atoms with Gasteiger partial charge in [-0.05, 0) is 64.7 Å². The minimum absolute atomic E-state index is 1.18. The zero-order valence-corrected chi connectivity index (χ0v) is 25.0. The van der Waals surface area contributed by atoms with Crippen LogP contribution in [0.1, 0.15) is 0 Å². The molecule has 2 nitrogen and oxygen atoms in total. The van der Waals surface area contributed by atoms with Gasteiger partial charge in [-0.1, -0.05) is 97.1 Å². The lowest BCUT2D eigenvalue weighted by atomic mass is 10.0. The molecule has 0 aliphatic rings.